The zero-order valence-corrected chi connectivity index (χ0v) is 19.7. The van der Waals surface area contributed by atoms with Crippen LogP contribution in [0.5, 0.6) is 5.88 Å². The standard InChI is InChI=1S/C21H29FN10O2/c1-6-17(33)24-15-11-30(10-14(15)22)21-26-18(19-23-9-13(2)32(19)28-21)25-16-12-31(8-7-29(3)4)27-20(16)34-5/h6,9,12,14-15H,1,7-8,10-11H2,2-5H3,(H,24,33)(H,25,26,28)/t14-,15-/m1/s1. The molecule has 13 heteroatoms. The Hall–Kier alpha value is -3.74. The molecular formula is C21H29FN10O2. The van der Waals surface area contributed by atoms with Gasteiger partial charge in [0.1, 0.15) is 11.9 Å². The first kappa shape index (κ1) is 23.4. The summed E-state index contributed by atoms with van der Waals surface area (Å²) in [5, 5.41) is 14.9. The molecule has 0 bridgehead atoms. The molecule has 2 N–H and O–H groups in total. The average molecular weight is 473 g/mol. The summed E-state index contributed by atoms with van der Waals surface area (Å²) in [5.74, 6) is 0.736. The van der Waals surface area contributed by atoms with Crippen LogP contribution in [0.2, 0.25) is 0 Å². The van der Waals surface area contributed by atoms with Crippen molar-refractivity contribution in [3.8, 4) is 5.88 Å². The van der Waals surface area contributed by atoms with Crippen molar-refractivity contribution < 1.29 is 13.9 Å². The molecule has 3 aromatic rings. The van der Waals surface area contributed by atoms with E-state index in [2.05, 4.69) is 42.3 Å². The van der Waals surface area contributed by atoms with Gasteiger partial charge in [0, 0.05) is 13.1 Å². The van der Waals surface area contributed by atoms with Crippen LogP contribution in [0, 0.1) is 6.92 Å². The number of methoxy groups -OCH3 is 1. The third kappa shape index (κ3) is 4.78. The Morgan fingerprint density at radius 2 is 2.18 bits per heavy atom. The van der Waals surface area contributed by atoms with Gasteiger partial charge in [0.05, 0.1) is 44.3 Å². The number of aryl methyl sites for hydroxylation is 1. The van der Waals surface area contributed by atoms with Crippen molar-refractivity contribution in [1.29, 1.82) is 0 Å². The van der Waals surface area contributed by atoms with E-state index in [9.17, 15) is 9.18 Å². The van der Waals surface area contributed by atoms with Crippen LogP contribution in [-0.2, 0) is 11.3 Å². The number of carbonyl (C=O) groups is 1. The van der Waals surface area contributed by atoms with Crippen LogP contribution >= 0.6 is 0 Å². The molecule has 1 aliphatic heterocycles. The first-order chi connectivity index (χ1) is 16.3. The first-order valence-electron chi connectivity index (χ1n) is 10.9. The van der Waals surface area contributed by atoms with Gasteiger partial charge in [-0.25, -0.2) is 13.9 Å². The van der Waals surface area contributed by atoms with Crippen LogP contribution in [0.15, 0.2) is 25.0 Å². The first-order valence-corrected chi connectivity index (χ1v) is 10.9. The Bertz CT molecular complexity index is 1190. The fourth-order valence-electron chi connectivity index (χ4n) is 3.69. The summed E-state index contributed by atoms with van der Waals surface area (Å²) < 4.78 is 23.5. The normalized spacial score (nSPS) is 18.0. The number of amides is 1. The summed E-state index contributed by atoms with van der Waals surface area (Å²) in [6.45, 7) is 7.06. The van der Waals surface area contributed by atoms with Crippen molar-refractivity contribution in [2.45, 2.75) is 25.7 Å². The predicted octanol–water partition coefficient (Wildman–Crippen LogP) is 0.772. The van der Waals surface area contributed by atoms with E-state index >= 15 is 0 Å². The summed E-state index contributed by atoms with van der Waals surface area (Å²) in [7, 11) is 5.54. The van der Waals surface area contributed by atoms with Crippen molar-refractivity contribution in [2.75, 3.05) is 51.1 Å². The Balaban J connectivity index is 1.64. The van der Waals surface area contributed by atoms with E-state index in [0.717, 1.165) is 18.3 Å². The van der Waals surface area contributed by atoms with Crippen LogP contribution in [0.25, 0.3) is 5.65 Å². The topological polar surface area (TPSA) is 118 Å². The number of anilines is 3. The maximum atomic E-state index is 14.6. The Labute approximate surface area is 196 Å². The number of ether oxygens (including phenoxy) is 1. The number of nitrogens with zero attached hydrogens (tertiary/aromatic N) is 8. The number of fused-ring (bicyclic) bond motifs is 1. The number of aromatic nitrogens is 6. The highest BCUT2D eigenvalue weighted by Gasteiger charge is 2.35. The van der Waals surface area contributed by atoms with E-state index in [0.29, 0.717) is 35.5 Å². The Morgan fingerprint density at radius 3 is 2.88 bits per heavy atom. The number of carbonyl (C=O) groups excluding carboxylic acids is 1. The van der Waals surface area contributed by atoms with Gasteiger partial charge in [-0.2, -0.15) is 4.98 Å². The number of hydrogen-bond acceptors (Lipinski definition) is 9. The molecule has 1 amide bonds. The number of hydrogen-bond donors (Lipinski definition) is 2. The van der Waals surface area contributed by atoms with Gasteiger partial charge in [-0.15, -0.1) is 10.2 Å². The molecule has 1 aliphatic rings. The number of nitrogens with one attached hydrogen (secondary N) is 2. The average Bonchev–Trinajstić information content (AvgIpc) is 3.49. The van der Waals surface area contributed by atoms with Crippen LogP contribution in [-0.4, -0.2) is 93.2 Å². The molecule has 34 heavy (non-hydrogen) atoms. The largest absolute Gasteiger partial charge is 0.478 e. The van der Waals surface area contributed by atoms with Gasteiger partial charge in [0.15, 0.2) is 11.5 Å². The summed E-state index contributed by atoms with van der Waals surface area (Å²) in [4.78, 5) is 24.5. The monoisotopic (exact) mass is 472 g/mol. The van der Waals surface area contributed by atoms with Crippen LogP contribution < -0.4 is 20.3 Å². The number of imidazole rings is 1. The van der Waals surface area contributed by atoms with Crippen molar-refractivity contribution in [1.82, 2.24) is 39.6 Å². The second-order valence-electron chi connectivity index (χ2n) is 8.38. The van der Waals surface area contributed by atoms with E-state index in [-0.39, 0.29) is 13.1 Å². The molecule has 2 atom stereocenters. The van der Waals surface area contributed by atoms with E-state index in [1.807, 2.05) is 27.2 Å². The van der Waals surface area contributed by atoms with Gasteiger partial charge >= 0.3 is 0 Å². The number of halogens is 1. The molecule has 182 valence electrons. The highest BCUT2D eigenvalue weighted by atomic mass is 19.1. The van der Waals surface area contributed by atoms with Crippen LogP contribution in [0.3, 0.4) is 0 Å². The van der Waals surface area contributed by atoms with Gasteiger partial charge in [0.25, 0.3) is 5.88 Å². The third-order valence-corrected chi connectivity index (χ3v) is 5.52. The van der Waals surface area contributed by atoms with E-state index in [4.69, 9.17) is 4.74 Å². The summed E-state index contributed by atoms with van der Waals surface area (Å²) in [6, 6.07) is -0.680. The molecule has 0 radical (unpaired) electrons. The van der Waals surface area contributed by atoms with Crippen molar-refractivity contribution in [3.63, 3.8) is 0 Å². The lowest BCUT2D eigenvalue weighted by atomic mass is 10.2. The Kier molecular flexibility index (Phi) is 6.63. The second-order valence-corrected chi connectivity index (χ2v) is 8.38. The minimum Gasteiger partial charge on any atom is -0.478 e. The minimum absolute atomic E-state index is 0.0482. The van der Waals surface area contributed by atoms with Gasteiger partial charge in [-0.3, -0.25) is 9.48 Å². The number of likely N-dealkylation sites (N-methyl/N-ethyl adjacent to an activating group) is 1. The van der Waals surface area contributed by atoms with Gasteiger partial charge < -0.3 is 25.2 Å². The fourth-order valence-corrected chi connectivity index (χ4v) is 3.69. The zero-order chi connectivity index (χ0) is 24.4. The molecule has 0 unspecified atom stereocenters. The summed E-state index contributed by atoms with van der Waals surface area (Å²) >= 11 is 0. The van der Waals surface area contributed by atoms with Gasteiger partial charge in [-0.1, -0.05) is 6.58 Å². The lowest BCUT2D eigenvalue weighted by molar-refractivity contribution is -0.117. The molecule has 4 rings (SSSR count). The SMILES string of the molecule is C=CC(=O)N[C@@H]1CN(c2nc(Nc3cn(CCN(C)C)nc3OC)c3ncc(C)n3n2)C[C@H]1F. The summed E-state index contributed by atoms with van der Waals surface area (Å²) in [5.41, 5.74) is 1.93. The maximum Gasteiger partial charge on any atom is 0.256 e. The number of rotatable bonds is 9. The molecule has 0 saturated carbocycles. The maximum absolute atomic E-state index is 14.6. The van der Waals surface area contributed by atoms with E-state index in [1.165, 1.54) is 0 Å². The molecule has 1 fully saturated rings. The lowest BCUT2D eigenvalue weighted by Crippen LogP contribution is -2.40. The van der Waals surface area contributed by atoms with E-state index in [1.54, 1.807) is 27.4 Å². The number of alkyl halides is 1. The second kappa shape index (κ2) is 9.63. The van der Waals surface area contributed by atoms with Gasteiger partial charge in [-0.05, 0) is 27.1 Å². The summed E-state index contributed by atoms with van der Waals surface area (Å²) in [6.07, 6.45) is 3.38. The van der Waals surface area contributed by atoms with Gasteiger partial charge in [0.2, 0.25) is 11.9 Å². The molecular weight excluding hydrogens is 443 g/mol. The van der Waals surface area contributed by atoms with Crippen LogP contribution in [0.4, 0.5) is 21.8 Å². The van der Waals surface area contributed by atoms with Crippen molar-refractivity contribution in [3.05, 3.63) is 30.7 Å². The van der Waals surface area contributed by atoms with Crippen molar-refractivity contribution >= 4 is 29.0 Å². The lowest BCUT2D eigenvalue weighted by Gasteiger charge is -2.17. The van der Waals surface area contributed by atoms with Crippen LogP contribution in [0.1, 0.15) is 5.69 Å². The fraction of sp³-hybridized carbons (Fsp3) is 0.476. The zero-order valence-electron chi connectivity index (χ0n) is 19.7. The predicted molar refractivity (Wildman–Crippen MR) is 125 cm³/mol. The molecule has 3 aromatic heterocycles. The Morgan fingerprint density at radius 1 is 1.38 bits per heavy atom. The quantitative estimate of drug-likeness (QED) is 0.436. The molecule has 4 heterocycles. The highest BCUT2D eigenvalue weighted by molar-refractivity contribution is 5.87. The molecule has 12 nitrogen and oxygen atoms in total. The smallest absolute Gasteiger partial charge is 0.256 e. The third-order valence-electron chi connectivity index (χ3n) is 5.52. The molecule has 0 aliphatic carbocycles. The molecule has 0 aromatic carbocycles. The minimum atomic E-state index is -1.27. The van der Waals surface area contributed by atoms with Crippen molar-refractivity contribution in [2.24, 2.45) is 0 Å². The molecule has 1 saturated heterocycles. The highest BCUT2D eigenvalue weighted by Crippen LogP contribution is 2.29. The molecule has 0 spiro atoms. The van der Waals surface area contributed by atoms with E-state index < -0.39 is 18.1 Å².